The van der Waals surface area contributed by atoms with Crippen LogP contribution in [0.15, 0.2) is 47.5 Å². The van der Waals surface area contributed by atoms with Gasteiger partial charge in [0.2, 0.25) is 0 Å². The molecular weight excluding hydrogens is 371 g/mol. The maximum Gasteiger partial charge on any atom is 0.259 e. The van der Waals surface area contributed by atoms with Crippen LogP contribution >= 0.6 is 0 Å². The average molecular weight is 400 g/mol. The van der Waals surface area contributed by atoms with Crippen molar-refractivity contribution in [2.45, 2.75) is 26.4 Å². The highest BCUT2D eigenvalue weighted by molar-refractivity contribution is 5.80. The molecule has 6 nitrogen and oxygen atoms in total. The summed E-state index contributed by atoms with van der Waals surface area (Å²) in [5.74, 6) is 0.918. The lowest BCUT2D eigenvalue weighted by Gasteiger charge is -2.19. The van der Waals surface area contributed by atoms with Gasteiger partial charge in [0.1, 0.15) is 11.6 Å². The minimum absolute atomic E-state index is 0.00225. The number of aryl methyl sites for hydroxylation is 1. The Morgan fingerprint density at radius 1 is 1.24 bits per heavy atom. The van der Waals surface area contributed by atoms with Crippen molar-refractivity contribution in [3.8, 4) is 5.75 Å². The second-order valence-corrected chi connectivity index (χ2v) is 7.02. The highest BCUT2D eigenvalue weighted by atomic mass is 19.1. The van der Waals surface area contributed by atoms with Crippen LogP contribution in [0, 0.1) is 12.7 Å². The van der Waals surface area contributed by atoms with E-state index in [1.807, 2.05) is 37.3 Å². The third-order valence-electron chi connectivity index (χ3n) is 4.49. The zero-order valence-electron chi connectivity index (χ0n) is 17.6. The van der Waals surface area contributed by atoms with Crippen molar-refractivity contribution in [1.29, 1.82) is 0 Å². The Kier molecular flexibility index (Phi) is 8.00. The molecule has 0 fully saturated rings. The SMILES string of the molecule is CN=C(NCc1cccc(OCC(=O)N(C)C)c1)NC(C)c1ccc(C)c(F)c1. The molecule has 0 bridgehead atoms. The summed E-state index contributed by atoms with van der Waals surface area (Å²) < 4.78 is 19.4. The number of nitrogens with one attached hydrogen (secondary N) is 2. The standard InChI is InChI=1S/C22H29FN4O2/c1-15-9-10-18(12-20(15)23)16(2)26-22(24-3)25-13-17-7-6-8-19(11-17)29-14-21(28)27(4)5/h6-12,16H,13-14H2,1-5H3,(H2,24,25,26). The van der Waals surface area contributed by atoms with Crippen molar-refractivity contribution < 1.29 is 13.9 Å². The third kappa shape index (κ3) is 6.78. The van der Waals surface area contributed by atoms with Gasteiger partial charge in [-0.3, -0.25) is 9.79 Å². The Balaban J connectivity index is 1.92. The quantitative estimate of drug-likeness (QED) is 0.554. The molecule has 2 aromatic rings. The van der Waals surface area contributed by atoms with Gasteiger partial charge in [0, 0.05) is 27.7 Å². The van der Waals surface area contributed by atoms with E-state index in [0.717, 1.165) is 11.1 Å². The number of amides is 1. The Hall–Kier alpha value is -3.09. The van der Waals surface area contributed by atoms with Gasteiger partial charge in [-0.15, -0.1) is 0 Å². The van der Waals surface area contributed by atoms with Gasteiger partial charge in [-0.25, -0.2) is 4.39 Å². The number of aliphatic imine (C=N–C) groups is 1. The molecule has 7 heteroatoms. The number of likely N-dealkylation sites (N-methyl/N-ethyl adjacent to an activating group) is 1. The molecule has 1 amide bonds. The van der Waals surface area contributed by atoms with E-state index in [2.05, 4.69) is 15.6 Å². The fourth-order valence-corrected chi connectivity index (χ4v) is 2.57. The molecule has 156 valence electrons. The minimum Gasteiger partial charge on any atom is -0.484 e. The lowest BCUT2D eigenvalue weighted by Crippen LogP contribution is -2.38. The Morgan fingerprint density at radius 2 is 2.00 bits per heavy atom. The van der Waals surface area contributed by atoms with Crippen LogP contribution in [0.3, 0.4) is 0 Å². The highest BCUT2D eigenvalue weighted by Gasteiger charge is 2.10. The summed E-state index contributed by atoms with van der Waals surface area (Å²) in [6, 6.07) is 12.6. The summed E-state index contributed by atoms with van der Waals surface area (Å²) in [7, 11) is 5.07. The maximum absolute atomic E-state index is 13.8. The van der Waals surface area contributed by atoms with E-state index in [9.17, 15) is 9.18 Å². The molecule has 1 unspecified atom stereocenters. The molecule has 0 saturated heterocycles. The largest absolute Gasteiger partial charge is 0.484 e. The van der Waals surface area contributed by atoms with Crippen molar-refractivity contribution in [2.75, 3.05) is 27.7 Å². The molecule has 0 aliphatic rings. The number of nitrogens with zero attached hydrogens (tertiary/aromatic N) is 2. The first-order valence-corrected chi connectivity index (χ1v) is 9.45. The lowest BCUT2D eigenvalue weighted by molar-refractivity contribution is -0.130. The third-order valence-corrected chi connectivity index (χ3v) is 4.49. The number of ether oxygens (including phenoxy) is 1. The molecule has 0 aliphatic carbocycles. The fraction of sp³-hybridized carbons (Fsp3) is 0.364. The van der Waals surface area contributed by atoms with Crippen LogP contribution < -0.4 is 15.4 Å². The predicted octanol–water partition coefficient (Wildman–Crippen LogP) is 3.03. The number of halogens is 1. The Labute approximate surface area is 171 Å². The number of benzene rings is 2. The first-order chi connectivity index (χ1) is 13.8. The Bertz CT molecular complexity index is 868. The van der Waals surface area contributed by atoms with Gasteiger partial charge in [-0.05, 0) is 48.7 Å². The molecule has 0 heterocycles. The molecule has 0 radical (unpaired) electrons. The molecule has 0 aromatic heterocycles. The molecule has 1 atom stereocenters. The number of carbonyl (C=O) groups is 1. The monoisotopic (exact) mass is 400 g/mol. The summed E-state index contributed by atoms with van der Waals surface area (Å²) in [6.07, 6.45) is 0. The van der Waals surface area contributed by atoms with Crippen LogP contribution in [-0.4, -0.2) is 44.5 Å². The molecular formula is C22H29FN4O2. The maximum atomic E-state index is 13.8. The van der Waals surface area contributed by atoms with Gasteiger partial charge in [-0.1, -0.05) is 24.3 Å². The van der Waals surface area contributed by atoms with Crippen LogP contribution in [0.5, 0.6) is 5.75 Å². The normalized spacial score (nSPS) is 12.3. The Morgan fingerprint density at radius 3 is 2.66 bits per heavy atom. The first-order valence-electron chi connectivity index (χ1n) is 9.45. The number of guanidine groups is 1. The van der Waals surface area contributed by atoms with Gasteiger partial charge in [0.05, 0.1) is 6.04 Å². The first kappa shape index (κ1) is 22.2. The number of hydrogen-bond acceptors (Lipinski definition) is 3. The van der Waals surface area contributed by atoms with Gasteiger partial charge >= 0.3 is 0 Å². The van der Waals surface area contributed by atoms with Crippen LogP contribution in [0.2, 0.25) is 0 Å². The smallest absolute Gasteiger partial charge is 0.259 e. The summed E-state index contributed by atoms with van der Waals surface area (Å²) in [5.41, 5.74) is 2.45. The zero-order valence-corrected chi connectivity index (χ0v) is 17.6. The summed E-state index contributed by atoms with van der Waals surface area (Å²) in [6.45, 7) is 4.21. The van der Waals surface area contributed by atoms with E-state index >= 15 is 0 Å². The number of rotatable bonds is 7. The topological polar surface area (TPSA) is 66.0 Å². The van der Waals surface area contributed by atoms with Crippen LogP contribution in [-0.2, 0) is 11.3 Å². The van der Waals surface area contributed by atoms with Crippen molar-refractivity contribution >= 4 is 11.9 Å². The molecule has 0 aliphatic heterocycles. The van der Waals surface area contributed by atoms with Crippen LogP contribution in [0.1, 0.15) is 29.7 Å². The minimum atomic E-state index is -0.219. The zero-order chi connectivity index (χ0) is 21.4. The molecule has 0 spiro atoms. The average Bonchev–Trinajstić information content (AvgIpc) is 2.71. The van der Waals surface area contributed by atoms with E-state index in [-0.39, 0.29) is 24.4 Å². The van der Waals surface area contributed by atoms with Gasteiger partial charge < -0.3 is 20.3 Å². The van der Waals surface area contributed by atoms with E-state index in [1.165, 1.54) is 11.0 Å². The van der Waals surface area contributed by atoms with E-state index < -0.39 is 0 Å². The molecule has 0 saturated carbocycles. The van der Waals surface area contributed by atoms with Crippen LogP contribution in [0.25, 0.3) is 0 Å². The molecule has 29 heavy (non-hydrogen) atoms. The van der Waals surface area contributed by atoms with E-state index in [0.29, 0.717) is 23.8 Å². The van der Waals surface area contributed by atoms with Crippen molar-refractivity contribution in [1.82, 2.24) is 15.5 Å². The summed E-state index contributed by atoms with van der Waals surface area (Å²) >= 11 is 0. The second kappa shape index (κ2) is 10.5. The highest BCUT2D eigenvalue weighted by Crippen LogP contribution is 2.16. The van der Waals surface area contributed by atoms with Crippen molar-refractivity contribution in [3.63, 3.8) is 0 Å². The van der Waals surface area contributed by atoms with Crippen LogP contribution in [0.4, 0.5) is 4.39 Å². The lowest BCUT2D eigenvalue weighted by atomic mass is 10.1. The van der Waals surface area contributed by atoms with Gasteiger partial charge in [0.25, 0.3) is 5.91 Å². The summed E-state index contributed by atoms with van der Waals surface area (Å²) in [4.78, 5) is 17.4. The van der Waals surface area contributed by atoms with Gasteiger partial charge in [0.15, 0.2) is 12.6 Å². The van der Waals surface area contributed by atoms with Gasteiger partial charge in [-0.2, -0.15) is 0 Å². The second-order valence-electron chi connectivity index (χ2n) is 7.02. The predicted molar refractivity (Wildman–Crippen MR) is 114 cm³/mol. The van der Waals surface area contributed by atoms with E-state index in [4.69, 9.17) is 4.74 Å². The van der Waals surface area contributed by atoms with E-state index in [1.54, 1.807) is 34.1 Å². The number of carbonyl (C=O) groups excluding carboxylic acids is 1. The molecule has 2 aromatic carbocycles. The molecule has 2 rings (SSSR count). The molecule has 2 N–H and O–H groups in total. The van der Waals surface area contributed by atoms with Crippen molar-refractivity contribution in [3.05, 3.63) is 65.0 Å². The summed E-state index contributed by atoms with van der Waals surface area (Å²) in [5, 5.41) is 6.49. The number of hydrogen-bond donors (Lipinski definition) is 2. The van der Waals surface area contributed by atoms with Crippen molar-refractivity contribution in [2.24, 2.45) is 4.99 Å². The fourth-order valence-electron chi connectivity index (χ4n) is 2.57.